The fourth-order valence-corrected chi connectivity index (χ4v) is 1.74. The highest BCUT2D eigenvalue weighted by Gasteiger charge is 2.29. The van der Waals surface area contributed by atoms with Crippen molar-refractivity contribution in [3.8, 4) is 5.75 Å². The van der Waals surface area contributed by atoms with Gasteiger partial charge in [0.25, 0.3) is 5.91 Å². The standard InChI is InChI=1S/C15H22ClNO3/c1-4-12(18)9-10-17-14(19)15(2,3)20-13-7-5-11(16)6-8-13/h5-8,12,18H,4,9-10H2,1-3H3,(H,17,19). The largest absolute Gasteiger partial charge is 0.478 e. The van der Waals surface area contributed by atoms with Gasteiger partial charge in [0.1, 0.15) is 5.75 Å². The first kappa shape index (κ1) is 16.8. The summed E-state index contributed by atoms with van der Waals surface area (Å²) in [6.07, 6.45) is 0.843. The fourth-order valence-electron chi connectivity index (χ4n) is 1.61. The normalized spacial score (nSPS) is 12.8. The van der Waals surface area contributed by atoms with Crippen molar-refractivity contribution >= 4 is 17.5 Å². The van der Waals surface area contributed by atoms with E-state index in [9.17, 15) is 9.90 Å². The number of nitrogens with one attached hydrogen (secondary N) is 1. The van der Waals surface area contributed by atoms with Crippen molar-refractivity contribution in [3.63, 3.8) is 0 Å². The molecule has 1 amide bonds. The molecule has 0 saturated heterocycles. The highest BCUT2D eigenvalue weighted by molar-refractivity contribution is 6.30. The third-order valence-electron chi connectivity index (χ3n) is 2.97. The van der Waals surface area contributed by atoms with E-state index in [0.717, 1.165) is 0 Å². The van der Waals surface area contributed by atoms with Crippen molar-refractivity contribution in [2.75, 3.05) is 6.54 Å². The van der Waals surface area contributed by atoms with Crippen LogP contribution in [0.5, 0.6) is 5.75 Å². The molecule has 0 aliphatic rings. The molecule has 1 aromatic rings. The maximum atomic E-state index is 12.1. The number of carbonyl (C=O) groups is 1. The lowest BCUT2D eigenvalue weighted by atomic mass is 10.1. The number of amides is 1. The Labute approximate surface area is 125 Å². The van der Waals surface area contributed by atoms with Gasteiger partial charge in [-0.05, 0) is 51.0 Å². The number of benzene rings is 1. The van der Waals surface area contributed by atoms with E-state index in [2.05, 4.69) is 5.32 Å². The molecule has 0 aromatic heterocycles. The van der Waals surface area contributed by atoms with E-state index in [0.29, 0.717) is 30.2 Å². The van der Waals surface area contributed by atoms with Gasteiger partial charge in [0.2, 0.25) is 0 Å². The molecule has 1 rings (SSSR count). The molecule has 0 aliphatic carbocycles. The lowest BCUT2D eigenvalue weighted by Crippen LogP contribution is -2.47. The number of aliphatic hydroxyl groups excluding tert-OH is 1. The van der Waals surface area contributed by atoms with Crippen molar-refractivity contribution in [1.29, 1.82) is 0 Å². The Morgan fingerprint density at radius 2 is 2.00 bits per heavy atom. The lowest BCUT2D eigenvalue weighted by molar-refractivity contribution is -0.134. The Morgan fingerprint density at radius 3 is 2.55 bits per heavy atom. The zero-order valence-electron chi connectivity index (χ0n) is 12.1. The van der Waals surface area contributed by atoms with Crippen LogP contribution >= 0.6 is 11.6 Å². The maximum absolute atomic E-state index is 12.1. The maximum Gasteiger partial charge on any atom is 0.263 e. The molecule has 1 aromatic carbocycles. The monoisotopic (exact) mass is 299 g/mol. The number of hydrogen-bond acceptors (Lipinski definition) is 3. The third kappa shape index (κ3) is 5.39. The lowest BCUT2D eigenvalue weighted by Gasteiger charge is -2.25. The minimum atomic E-state index is -0.981. The van der Waals surface area contributed by atoms with Crippen LogP contribution in [-0.4, -0.2) is 29.3 Å². The SMILES string of the molecule is CCC(O)CCNC(=O)C(C)(C)Oc1ccc(Cl)cc1. The predicted octanol–water partition coefficient (Wildman–Crippen LogP) is 2.77. The molecular formula is C15H22ClNO3. The van der Waals surface area contributed by atoms with Crippen molar-refractivity contribution in [2.24, 2.45) is 0 Å². The van der Waals surface area contributed by atoms with Gasteiger partial charge >= 0.3 is 0 Å². The fraction of sp³-hybridized carbons (Fsp3) is 0.533. The highest BCUT2D eigenvalue weighted by Crippen LogP contribution is 2.20. The first-order chi connectivity index (χ1) is 9.35. The number of aliphatic hydroxyl groups is 1. The topological polar surface area (TPSA) is 58.6 Å². The van der Waals surface area contributed by atoms with Gasteiger partial charge in [-0.1, -0.05) is 18.5 Å². The van der Waals surface area contributed by atoms with E-state index in [1.807, 2.05) is 6.92 Å². The van der Waals surface area contributed by atoms with Crippen LogP contribution in [-0.2, 0) is 4.79 Å². The number of ether oxygens (including phenoxy) is 1. The second-order valence-electron chi connectivity index (χ2n) is 5.17. The van der Waals surface area contributed by atoms with Gasteiger partial charge in [-0.15, -0.1) is 0 Å². The first-order valence-corrected chi connectivity index (χ1v) is 7.14. The molecule has 112 valence electrons. The average Bonchev–Trinajstić information content (AvgIpc) is 2.40. The van der Waals surface area contributed by atoms with Crippen LogP contribution < -0.4 is 10.1 Å². The highest BCUT2D eigenvalue weighted by atomic mass is 35.5. The van der Waals surface area contributed by atoms with Gasteiger partial charge in [-0.2, -0.15) is 0 Å². The molecule has 1 atom stereocenters. The Morgan fingerprint density at radius 1 is 1.40 bits per heavy atom. The number of halogens is 1. The van der Waals surface area contributed by atoms with E-state index in [-0.39, 0.29) is 12.0 Å². The number of rotatable bonds is 7. The van der Waals surface area contributed by atoms with Gasteiger partial charge in [0.15, 0.2) is 5.60 Å². The minimum absolute atomic E-state index is 0.212. The number of hydrogen-bond donors (Lipinski definition) is 2. The molecule has 4 nitrogen and oxygen atoms in total. The molecule has 5 heteroatoms. The molecule has 0 bridgehead atoms. The minimum Gasteiger partial charge on any atom is -0.478 e. The molecule has 0 spiro atoms. The van der Waals surface area contributed by atoms with Crippen LogP contribution in [0.4, 0.5) is 0 Å². The smallest absolute Gasteiger partial charge is 0.263 e. The van der Waals surface area contributed by atoms with Crippen LogP contribution in [0.25, 0.3) is 0 Å². The zero-order valence-corrected chi connectivity index (χ0v) is 12.9. The molecule has 20 heavy (non-hydrogen) atoms. The van der Waals surface area contributed by atoms with Crippen molar-refractivity contribution in [2.45, 2.75) is 45.3 Å². The quantitative estimate of drug-likeness (QED) is 0.814. The summed E-state index contributed by atoms with van der Waals surface area (Å²) < 4.78 is 5.67. The van der Waals surface area contributed by atoms with Gasteiger partial charge in [0, 0.05) is 11.6 Å². The van der Waals surface area contributed by atoms with Crippen LogP contribution in [0, 0.1) is 0 Å². The van der Waals surface area contributed by atoms with Gasteiger partial charge in [-0.25, -0.2) is 0 Å². The Hall–Kier alpha value is -1.26. The van der Waals surface area contributed by atoms with E-state index in [1.54, 1.807) is 38.1 Å². The molecule has 2 N–H and O–H groups in total. The molecular weight excluding hydrogens is 278 g/mol. The second-order valence-corrected chi connectivity index (χ2v) is 5.61. The summed E-state index contributed by atoms with van der Waals surface area (Å²) in [4.78, 5) is 12.1. The van der Waals surface area contributed by atoms with E-state index in [1.165, 1.54) is 0 Å². The van der Waals surface area contributed by atoms with Crippen LogP contribution in [0.2, 0.25) is 5.02 Å². The molecule has 1 unspecified atom stereocenters. The third-order valence-corrected chi connectivity index (χ3v) is 3.22. The molecule has 0 heterocycles. The number of carbonyl (C=O) groups excluding carboxylic acids is 1. The zero-order chi connectivity index (χ0) is 15.2. The molecule has 0 fully saturated rings. The summed E-state index contributed by atoms with van der Waals surface area (Å²) in [6, 6.07) is 6.86. The van der Waals surface area contributed by atoms with E-state index >= 15 is 0 Å². The molecule has 0 aliphatic heterocycles. The van der Waals surface area contributed by atoms with Gasteiger partial charge in [0.05, 0.1) is 6.10 Å². The van der Waals surface area contributed by atoms with Crippen LogP contribution in [0.3, 0.4) is 0 Å². The molecule has 0 radical (unpaired) electrons. The Balaban J connectivity index is 2.50. The Kier molecular flexibility index (Phi) is 6.30. The van der Waals surface area contributed by atoms with Gasteiger partial charge in [-0.3, -0.25) is 4.79 Å². The second kappa shape index (κ2) is 7.50. The summed E-state index contributed by atoms with van der Waals surface area (Å²) in [7, 11) is 0. The average molecular weight is 300 g/mol. The molecule has 0 saturated carbocycles. The summed E-state index contributed by atoms with van der Waals surface area (Å²) in [5.41, 5.74) is -0.981. The van der Waals surface area contributed by atoms with E-state index < -0.39 is 5.60 Å². The first-order valence-electron chi connectivity index (χ1n) is 6.76. The van der Waals surface area contributed by atoms with Gasteiger partial charge < -0.3 is 15.2 Å². The van der Waals surface area contributed by atoms with Crippen LogP contribution in [0.15, 0.2) is 24.3 Å². The summed E-state index contributed by atoms with van der Waals surface area (Å²) in [6.45, 7) is 5.74. The summed E-state index contributed by atoms with van der Waals surface area (Å²) in [5, 5.41) is 12.8. The predicted molar refractivity (Wildman–Crippen MR) is 80.1 cm³/mol. The van der Waals surface area contributed by atoms with Crippen molar-refractivity contribution < 1.29 is 14.6 Å². The van der Waals surface area contributed by atoms with Crippen LogP contribution in [0.1, 0.15) is 33.6 Å². The van der Waals surface area contributed by atoms with Crippen molar-refractivity contribution in [3.05, 3.63) is 29.3 Å². The van der Waals surface area contributed by atoms with Crippen molar-refractivity contribution in [1.82, 2.24) is 5.32 Å². The Bertz CT molecular complexity index is 431. The summed E-state index contributed by atoms with van der Waals surface area (Å²) in [5.74, 6) is 0.374. The van der Waals surface area contributed by atoms with E-state index in [4.69, 9.17) is 16.3 Å². The summed E-state index contributed by atoms with van der Waals surface area (Å²) >= 11 is 5.80.